The molecule has 0 saturated heterocycles. The minimum atomic E-state index is -2.06. The molecule has 0 aromatic heterocycles. The summed E-state index contributed by atoms with van der Waals surface area (Å²) >= 11 is 1.80. The Bertz CT molecular complexity index is 929. The summed E-state index contributed by atoms with van der Waals surface area (Å²) in [7, 11) is -2.61. The normalized spacial score (nSPS) is 20.1. The molecule has 0 aromatic rings. The Morgan fingerprint density at radius 2 is 1.63 bits per heavy atom. The van der Waals surface area contributed by atoms with Crippen LogP contribution in [0.2, 0.25) is 36.3 Å². The molecule has 0 amide bonds. The molecule has 0 fully saturated rings. The highest BCUT2D eigenvalue weighted by atomic mass is 32.2. The van der Waals surface area contributed by atoms with Gasteiger partial charge >= 0.3 is 5.97 Å². The molecule has 1 rings (SSSR count). The van der Waals surface area contributed by atoms with Crippen LogP contribution in [0.5, 0.6) is 0 Å². The molecule has 0 spiro atoms. The smallest absolute Gasteiger partial charge is 0.305 e. The number of rotatable bonds is 19. The van der Waals surface area contributed by atoms with E-state index in [2.05, 4.69) is 93.7 Å². The van der Waals surface area contributed by atoms with Gasteiger partial charge in [0, 0.05) is 29.2 Å². The van der Waals surface area contributed by atoms with Gasteiger partial charge in [0.2, 0.25) is 0 Å². The molecule has 1 aliphatic rings. The van der Waals surface area contributed by atoms with Crippen molar-refractivity contribution in [2.24, 2.45) is 11.8 Å². The quantitative estimate of drug-likeness (QED) is 0.0454. The molecule has 4 atom stereocenters. The highest BCUT2D eigenvalue weighted by Gasteiger charge is 2.44. The van der Waals surface area contributed by atoms with Crippen molar-refractivity contribution in [1.29, 1.82) is 0 Å². The van der Waals surface area contributed by atoms with Gasteiger partial charge in [-0.3, -0.25) is 9.59 Å². The fourth-order valence-corrected chi connectivity index (χ4v) is 8.80. The van der Waals surface area contributed by atoms with Crippen LogP contribution in [0.15, 0.2) is 22.6 Å². The van der Waals surface area contributed by atoms with E-state index in [4.69, 9.17) is 13.6 Å². The van der Waals surface area contributed by atoms with E-state index in [-0.39, 0.29) is 34.2 Å². The van der Waals surface area contributed by atoms with Crippen molar-refractivity contribution in [3.8, 4) is 0 Å². The predicted octanol–water partition coefficient (Wildman–Crippen LogP) is 10.5. The van der Waals surface area contributed by atoms with Crippen molar-refractivity contribution in [3.63, 3.8) is 0 Å². The van der Waals surface area contributed by atoms with Crippen molar-refractivity contribution >= 4 is 40.7 Å². The number of unbranched alkanes of at least 4 members (excludes halogenated alkanes) is 3. The highest BCUT2D eigenvalue weighted by molar-refractivity contribution is 8.03. The first kappa shape index (κ1) is 40.3. The number of carbonyl (C=O) groups excluding carboxylic acids is 2. The monoisotopic (exact) mass is 654 g/mol. The van der Waals surface area contributed by atoms with Gasteiger partial charge in [-0.25, -0.2) is 0 Å². The number of ether oxygens (including phenoxy) is 1. The third kappa shape index (κ3) is 13.3. The van der Waals surface area contributed by atoms with Gasteiger partial charge in [0.05, 0.1) is 19.3 Å². The predicted molar refractivity (Wildman–Crippen MR) is 191 cm³/mol. The molecule has 5 nitrogen and oxygen atoms in total. The average Bonchev–Trinajstić information content (AvgIpc) is 3.21. The van der Waals surface area contributed by atoms with Crippen LogP contribution in [-0.4, -0.2) is 54.0 Å². The Morgan fingerprint density at radius 1 is 1.00 bits per heavy atom. The van der Waals surface area contributed by atoms with Crippen LogP contribution < -0.4 is 0 Å². The molecule has 0 radical (unpaired) electrons. The first-order valence-electron chi connectivity index (χ1n) is 16.7. The number of aldehydes is 1. The molecule has 0 aromatic carbocycles. The molecular weight excluding hydrogens is 589 g/mol. The van der Waals surface area contributed by atoms with Crippen molar-refractivity contribution in [1.82, 2.24) is 0 Å². The van der Waals surface area contributed by atoms with Gasteiger partial charge in [-0.2, -0.15) is 0 Å². The van der Waals surface area contributed by atoms with E-state index in [1.54, 1.807) is 11.8 Å². The molecule has 0 aliphatic heterocycles. The lowest BCUT2D eigenvalue weighted by atomic mass is 9.96. The number of hydrogen-bond acceptors (Lipinski definition) is 6. The Labute approximate surface area is 272 Å². The van der Waals surface area contributed by atoms with Gasteiger partial charge < -0.3 is 13.6 Å². The van der Waals surface area contributed by atoms with E-state index < -0.39 is 16.6 Å². The number of thioether (sulfide) groups is 1. The zero-order valence-electron chi connectivity index (χ0n) is 30.1. The number of hydrogen-bond donors (Lipinski definition) is 0. The first-order valence-corrected chi connectivity index (χ1v) is 23.5. The fourth-order valence-electron chi connectivity index (χ4n) is 4.87. The Balaban J connectivity index is 3.32. The summed E-state index contributed by atoms with van der Waals surface area (Å²) < 4.78 is 18.8. The topological polar surface area (TPSA) is 61.8 Å². The Morgan fingerprint density at radius 3 is 2.16 bits per heavy atom. The minimum Gasteiger partial charge on any atom is -0.469 e. The summed E-state index contributed by atoms with van der Waals surface area (Å²) in [5.41, 5.74) is 0.885. The molecule has 8 heteroatoms. The Kier molecular flexibility index (Phi) is 16.8. The maximum atomic E-state index is 12.4. The zero-order valence-corrected chi connectivity index (χ0v) is 32.9. The number of carbonyl (C=O) groups is 2. The van der Waals surface area contributed by atoms with E-state index in [9.17, 15) is 9.59 Å². The third-order valence-corrected chi connectivity index (χ3v) is 20.2. The van der Waals surface area contributed by atoms with Crippen molar-refractivity contribution in [2.75, 3.05) is 12.9 Å². The first-order chi connectivity index (χ1) is 19.8. The standard InChI is InChI=1S/C35H66O5SSi2/c1-14-15-19-27(2)24-29(39-42(10,11)34(3,4)5)21-22-30-31(40-43(12,13)35(6,7)8)25-28(26-36)33(30)41-23-18-16-17-20-32(37)38-9/h21-22,26-27,29-31H,14-20,23-25H2,1-13H3/b22-21+/t27-,29-,30+,31-/m1/s1. The molecule has 1 aliphatic carbocycles. The summed E-state index contributed by atoms with van der Waals surface area (Å²) in [5, 5.41) is 0.216. The van der Waals surface area contributed by atoms with E-state index in [1.165, 1.54) is 26.4 Å². The summed E-state index contributed by atoms with van der Waals surface area (Å²) in [6.07, 6.45) is 14.3. The van der Waals surface area contributed by atoms with Gasteiger partial charge in [0.25, 0.3) is 0 Å². The molecule has 43 heavy (non-hydrogen) atoms. The van der Waals surface area contributed by atoms with Crippen LogP contribution in [0, 0.1) is 11.8 Å². The fraction of sp³-hybridized carbons (Fsp3) is 0.829. The van der Waals surface area contributed by atoms with Crippen LogP contribution in [-0.2, 0) is 23.2 Å². The van der Waals surface area contributed by atoms with Crippen molar-refractivity contribution < 1.29 is 23.2 Å². The summed E-state index contributed by atoms with van der Waals surface area (Å²) in [5.74, 6) is 1.40. The van der Waals surface area contributed by atoms with Crippen LogP contribution in [0.1, 0.15) is 113 Å². The lowest BCUT2D eigenvalue weighted by Crippen LogP contribution is -2.45. The second-order valence-corrected chi connectivity index (χ2v) is 26.3. The van der Waals surface area contributed by atoms with Crippen LogP contribution in [0.25, 0.3) is 0 Å². The summed E-state index contributed by atoms with van der Waals surface area (Å²) in [4.78, 5) is 25.0. The molecule has 250 valence electrons. The maximum absolute atomic E-state index is 12.4. The molecule has 0 bridgehead atoms. The average molecular weight is 655 g/mol. The second-order valence-electron chi connectivity index (χ2n) is 15.7. The molecular formula is C35H66O5SSi2. The van der Waals surface area contributed by atoms with Gasteiger partial charge in [-0.1, -0.05) is 93.2 Å². The third-order valence-electron chi connectivity index (χ3n) is 9.82. The number of esters is 1. The lowest BCUT2D eigenvalue weighted by molar-refractivity contribution is -0.140. The van der Waals surface area contributed by atoms with E-state index >= 15 is 0 Å². The highest BCUT2D eigenvalue weighted by Crippen LogP contribution is 2.46. The van der Waals surface area contributed by atoms with Gasteiger partial charge in [-0.05, 0) is 67.2 Å². The largest absolute Gasteiger partial charge is 0.469 e. The minimum absolute atomic E-state index is 0.0368. The molecule has 0 unspecified atom stereocenters. The van der Waals surface area contributed by atoms with Gasteiger partial charge in [-0.15, -0.1) is 11.8 Å². The molecule has 0 heterocycles. The van der Waals surface area contributed by atoms with Crippen LogP contribution in [0.4, 0.5) is 0 Å². The summed E-state index contributed by atoms with van der Waals surface area (Å²) in [6.45, 7) is 27.7. The van der Waals surface area contributed by atoms with E-state index in [0.717, 1.165) is 48.2 Å². The summed E-state index contributed by atoms with van der Waals surface area (Å²) in [6, 6.07) is 0. The number of methoxy groups -OCH3 is 1. The lowest BCUT2D eigenvalue weighted by Gasteiger charge is -2.40. The van der Waals surface area contributed by atoms with E-state index in [0.29, 0.717) is 18.8 Å². The van der Waals surface area contributed by atoms with Crippen molar-refractivity contribution in [2.45, 2.75) is 162 Å². The van der Waals surface area contributed by atoms with Crippen molar-refractivity contribution in [3.05, 3.63) is 22.6 Å². The van der Waals surface area contributed by atoms with Gasteiger partial charge in [0.15, 0.2) is 16.6 Å². The Hall–Kier alpha value is -0.676. The maximum Gasteiger partial charge on any atom is 0.305 e. The molecule has 0 saturated carbocycles. The zero-order chi connectivity index (χ0) is 33.1. The molecule has 0 N–H and O–H groups in total. The second kappa shape index (κ2) is 17.9. The van der Waals surface area contributed by atoms with Crippen LogP contribution in [0.3, 0.4) is 0 Å². The van der Waals surface area contributed by atoms with Gasteiger partial charge in [0.1, 0.15) is 6.29 Å². The SMILES string of the molecule is CCCC[C@@H](C)C[C@@H](/C=C/[C@@H]1C(SCCCCCC(=O)OC)=C(C=O)C[C@H]1O[Si](C)(C)C(C)(C)C)O[Si](C)(C)C(C)(C)C. The van der Waals surface area contributed by atoms with E-state index in [1.807, 2.05) is 0 Å². The van der Waals surface area contributed by atoms with Crippen LogP contribution >= 0.6 is 11.8 Å².